The molecule has 2 aromatic carbocycles. The zero-order chi connectivity index (χ0) is 20.1. The maximum atomic E-state index is 3.31. The van der Waals surface area contributed by atoms with Crippen LogP contribution in [0.25, 0.3) is 5.57 Å². The van der Waals surface area contributed by atoms with Crippen molar-refractivity contribution < 1.29 is 0 Å². The monoisotopic (exact) mass is 368 g/mol. The van der Waals surface area contributed by atoms with Gasteiger partial charge in [0, 0.05) is 51.4 Å². The van der Waals surface area contributed by atoms with Crippen LogP contribution in [0.5, 0.6) is 0 Å². The van der Waals surface area contributed by atoms with Gasteiger partial charge >= 0.3 is 0 Å². The Morgan fingerprint density at radius 3 is 2.11 bits per heavy atom. The first-order valence-corrected chi connectivity index (χ1v) is 9.78. The quantitative estimate of drug-likeness (QED) is 0.707. The summed E-state index contributed by atoms with van der Waals surface area (Å²) in [5.41, 5.74) is 10.3. The van der Waals surface area contributed by atoms with E-state index in [-0.39, 0.29) is 5.41 Å². The summed E-state index contributed by atoms with van der Waals surface area (Å²) < 4.78 is 0. The molecule has 2 radical (unpaired) electrons. The molecular formula is C26H28N2. The number of nitrogens with zero attached hydrogens (tertiary/aromatic N) is 2. The molecule has 0 aromatic heterocycles. The van der Waals surface area contributed by atoms with Crippen molar-refractivity contribution in [1.82, 2.24) is 0 Å². The van der Waals surface area contributed by atoms with Gasteiger partial charge in [-0.2, -0.15) is 0 Å². The summed E-state index contributed by atoms with van der Waals surface area (Å²) in [4.78, 5) is 4.31. The molecule has 2 aliphatic carbocycles. The molecule has 0 amide bonds. The Morgan fingerprint density at radius 1 is 0.821 bits per heavy atom. The molecule has 0 saturated carbocycles. The molecule has 2 nitrogen and oxygen atoms in total. The van der Waals surface area contributed by atoms with Gasteiger partial charge in [0.1, 0.15) is 0 Å². The highest BCUT2D eigenvalue weighted by Crippen LogP contribution is 2.50. The Morgan fingerprint density at radius 2 is 1.46 bits per heavy atom. The summed E-state index contributed by atoms with van der Waals surface area (Å²) in [5, 5.41) is 0. The fourth-order valence-corrected chi connectivity index (χ4v) is 4.24. The lowest BCUT2D eigenvalue weighted by Crippen LogP contribution is -2.29. The van der Waals surface area contributed by atoms with Gasteiger partial charge in [0.05, 0.1) is 0 Å². The smallest absolute Gasteiger partial charge is 0.0364 e. The molecule has 2 aliphatic rings. The van der Waals surface area contributed by atoms with Crippen molar-refractivity contribution in [2.24, 2.45) is 0 Å². The first-order valence-electron chi connectivity index (χ1n) is 9.78. The summed E-state index contributed by atoms with van der Waals surface area (Å²) >= 11 is 0. The van der Waals surface area contributed by atoms with Crippen molar-refractivity contribution in [2.45, 2.75) is 19.3 Å². The van der Waals surface area contributed by atoms with Crippen LogP contribution in [0, 0.1) is 6.42 Å². The molecule has 4 rings (SSSR count). The second kappa shape index (κ2) is 6.70. The van der Waals surface area contributed by atoms with E-state index in [0.29, 0.717) is 0 Å². The highest BCUT2D eigenvalue weighted by Gasteiger charge is 2.37. The van der Waals surface area contributed by atoms with Crippen LogP contribution in [-0.2, 0) is 5.41 Å². The minimum atomic E-state index is -0.0679. The third-order valence-electron chi connectivity index (χ3n) is 5.94. The van der Waals surface area contributed by atoms with E-state index in [0.717, 1.165) is 0 Å². The molecule has 0 saturated heterocycles. The zero-order valence-corrected chi connectivity index (χ0v) is 17.7. The van der Waals surface area contributed by atoms with Crippen LogP contribution < -0.4 is 9.80 Å². The third kappa shape index (κ3) is 2.88. The molecule has 2 heteroatoms. The predicted molar refractivity (Wildman–Crippen MR) is 121 cm³/mol. The number of anilines is 2. The van der Waals surface area contributed by atoms with Gasteiger partial charge < -0.3 is 9.80 Å². The highest BCUT2D eigenvalue weighted by atomic mass is 15.1. The lowest BCUT2D eigenvalue weighted by Gasteiger charge is -2.39. The summed E-state index contributed by atoms with van der Waals surface area (Å²) in [6.07, 6.45) is 9.72. The summed E-state index contributed by atoms with van der Waals surface area (Å²) in [7, 11) is 8.36. The number of rotatable bonds is 3. The summed E-state index contributed by atoms with van der Waals surface area (Å²) in [6.45, 7) is 4.65. The van der Waals surface area contributed by atoms with Gasteiger partial charge in [-0.05, 0) is 57.7 Å². The maximum absolute atomic E-state index is 3.31. The molecule has 0 heterocycles. The predicted octanol–water partition coefficient (Wildman–Crippen LogP) is 5.49. The summed E-state index contributed by atoms with van der Waals surface area (Å²) in [6, 6.07) is 15.7. The average molecular weight is 369 g/mol. The molecule has 0 aliphatic heterocycles. The second-order valence-corrected chi connectivity index (χ2v) is 8.54. The minimum absolute atomic E-state index is 0.0679. The van der Waals surface area contributed by atoms with Crippen molar-refractivity contribution in [3.8, 4) is 0 Å². The van der Waals surface area contributed by atoms with E-state index in [4.69, 9.17) is 0 Å². The number of hydrogen-bond acceptors (Lipinski definition) is 2. The largest absolute Gasteiger partial charge is 0.378 e. The molecular weight excluding hydrogens is 340 g/mol. The van der Waals surface area contributed by atoms with Gasteiger partial charge in [0.15, 0.2) is 0 Å². The van der Waals surface area contributed by atoms with Crippen molar-refractivity contribution >= 4 is 16.9 Å². The van der Waals surface area contributed by atoms with Gasteiger partial charge in [-0.15, -0.1) is 0 Å². The van der Waals surface area contributed by atoms with Crippen LogP contribution in [-0.4, -0.2) is 28.2 Å². The van der Waals surface area contributed by atoms with E-state index < -0.39 is 0 Å². The molecule has 142 valence electrons. The maximum Gasteiger partial charge on any atom is 0.0364 e. The molecule has 0 atom stereocenters. The van der Waals surface area contributed by atoms with Crippen LogP contribution in [0.3, 0.4) is 0 Å². The van der Waals surface area contributed by atoms with Crippen molar-refractivity contribution in [1.29, 1.82) is 0 Å². The molecule has 0 bridgehead atoms. The second-order valence-electron chi connectivity index (χ2n) is 8.54. The Labute approximate surface area is 169 Å². The van der Waals surface area contributed by atoms with Crippen LogP contribution in [0.4, 0.5) is 11.4 Å². The topological polar surface area (TPSA) is 6.48 Å². The third-order valence-corrected chi connectivity index (χ3v) is 5.94. The van der Waals surface area contributed by atoms with Crippen LogP contribution in [0.1, 0.15) is 30.5 Å². The Bertz CT molecular complexity index is 999. The van der Waals surface area contributed by atoms with Crippen molar-refractivity contribution in [3.05, 3.63) is 95.0 Å². The normalized spacial score (nSPS) is 17.0. The molecule has 28 heavy (non-hydrogen) atoms. The lowest BCUT2D eigenvalue weighted by molar-refractivity contribution is 0.624. The standard InChI is InChI=1S/C26H28N2/c1-26(2)23-10-8-7-9-21(23)25(18-11-13-19(14-12-18)27(3)4)22-16-15-20(28(5)6)17-24(22)26/h7,9-17H,1-6H3. The van der Waals surface area contributed by atoms with E-state index in [2.05, 4.69) is 113 Å². The highest BCUT2D eigenvalue weighted by molar-refractivity contribution is 5.93. The van der Waals surface area contributed by atoms with Gasteiger partial charge in [0.2, 0.25) is 0 Å². The fraction of sp³-hybridized carbons (Fsp3) is 0.269. The molecule has 0 fully saturated rings. The molecule has 0 spiro atoms. The first-order chi connectivity index (χ1) is 13.3. The van der Waals surface area contributed by atoms with Gasteiger partial charge in [-0.1, -0.05) is 50.3 Å². The molecule has 0 N–H and O–H groups in total. The molecule has 2 aromatic rings. The van der Waals surface area contributed by atoms with Crippen LogP contribution >= 0.6 is 0 Å². The van der Waals surface area contributed by atoms with E-state index >= 15 is 0 Å². The Balaban J connectivity index is 1.98. The average Bonchev–Trinajstić information content (AvgIpc) is 2.68. The number of fused-ring (bicyclic) bond motifs is 2. The van der Waals surface area contributed by atoms with E-state index in [9.17, 15) is 0 Å². The summed E-state index contributed by atoms with van der Waals surface area (Å²) in [5.74, 6) is 0. The van der Waals surface area contributed by atoms with Crippen molar-refractivity contribution in [2.75, 3.05) is 38.0 Å². The van der Waals surface area contributed by atoms with Crippen molar-refractivity contribution in [3.63, 3.8) is 0 Å². The molecule has 0 unspecified atom stereocenters. The van der Waals surface area contributed by atoms with Crippen LogP contribution in [0.15, 0.2) is 71.8 Å². The first kappa shape index (κ1) is 18.6. The number of benzene rings is 2. The number of hydrogen-bond donors (Lipinski definition) is 0. The SMILES string of the molecule is CN(C)c1ccc(C2=C3C=C[C]C=C3C(C)(C)c3cc(N(C)C)ccc32)cc1. The lowest BCUT2D eigenvalue weighted by atomic mass is 9.64. The minimum Gasteiger partial charge on any atom is -0.378 e. The van der Waals surface area contributed by atoms with Crippen LogP contribution in [0.2, 0.25) is 0 Å². The zero-order valence-electron chi connectivity index (χ0n) is 17.7. The van der Waals surface area contributed by atoms with Gasteiger partial charge in [-0.3, -0.25) is 0 Å². The number of allylic oxidation sites excluding steroid dienone is 5. The van der Waals surface area contributed by atoms with Gasteiger partial charge in [-0.25, -0.2) is 0 Å². The fourth-order valence-electron chi connectivity index (χ4n) is 4.24. The Hall–Kier alpha value is -2.74. The van der Waals surface area contributed by atoms with E-state index in [1.165, 1.54) is 44.8 Å². The van der Waals surface area contributed by atoms with Gasteiger partial charge in [0.25, 0.3) is 0 Å². The van der Waals surface area contributed by atoms with E-state index in [1.54, 1.807) is 0 Å². The van der Waals surface area contributed by atoms with E-state index in [1.807, 2.05) is 6.08 Å². The Kier molecular flexibility index (Phi) is 4.45.